The highest BCUT2D eigenvalue weighted by Gasteiger charge is 2.29. The summed E-state index contributed by atoms with van der Waals surface area (Å²) in [7, 11) is 0. The molecule has 1 unspecified atom stereocenters. The first-order valence-electron chi connectivity index (χ1n) is 5.07. The fourth-order valence-corrected chi connectivity index (χ4v) is 1.83. The summed E-state index contributed by atoms with van der Waals surface area (Å²) in [6, 6.07) is 7.99. The molecular formula is C13H11NO. The van der Waals surface area contributed by atoms with E-state index in [1.54, 1.807) is 0 Å². The molecule has 1 aromatic rings. The highest BCUT2D eigenvalue weighted by Crippen LogP contribution is 2.33. The number of dihydropyridines is 1. The Labute approximate surface area is 88.6 Å². The van der Waals surface area contributed by atoms with Gasteiger partial charge in [-0.2, -0.15) is 0 Å². The monoisotopic (exact) mass is 197 g/mol. The fourth-order valence-electron chi connectivity index (χ4n) is 1.83. The lowest BCUT2D eigenvalue weighted by Gasteiger charge is -2.29. The maximum absolute atomic E-state index is 5.89. The number of benzene rings is 1. The third-order valence-electron chi connectivity index (χ3n) is 2.59. The van der Waals surface area contributed by atoms with Crippen molar-refractivity contribution in [2.24, 2.45) is 4.99 Å². The number of aliphatic imine (C=N–C) groups is 1. The van der Waals surface area contributed by atoms with Crippen molar-refractivity contribution in [3.63, 3.8) is 0 Å². The zero-order valence-corrected chi connectivity index (χ0v) is 8.26. The molecule has 0 aliphatic carbocycles. The van der Waals surface area contributed by atoms with Crippen molar-refractivity contribution in [1.82, 2.24) is 0 Å². The second kappa shape index (κ2) is 3.09. The molecule has 2 heterocycles. The zero-order valence-electron chi connectivity index (χ0n) is 8.26. The molecule has 0 saturated heterocycles. The molecule has 2 heteroatoms. The number of hydrogen-bond acceptors (Lipinski definition) is 2. The van der Waals surface area contributed by atoms with E-state index in [1.807, 2.05) is 42.6 Å². The highest BCUT2D eigenvalue weighted by atomic mass is 16.5. The normalized spacial score (nSPS) is 26.4. The Bertz CT molecular complexity index is 459. The predicted molar refractivity (Wildman–Crippen MR) is 61.1 cm³/mol. The van der Waals surface area contributed by atoms with Gasteiger partial charge in [0.2, 0.25) is 5.72 Å². The number of allylic oxidation sites excluding steroid dienone is 1. The summed E-state index contributed by atoms with van der Waals surface area (Å²) in [4.78, 5) is 4.40. The third-order valence-corrected chi connectivity index (χ3v) is 2.59. The van der Waals surface area contributed by atoms with Crippen molar-refractivity contribution in [1.29, 1.82) is 0 Å². The molecule has 0 amide bonds. The van der Waals surface area contributed by atoms with Gasteiger partial charge in [-0.15, -0.1) is 0 Å². The molecule has 2 nitrogen and oxygen atoms in total. The molecule has 3 rings (SSSR count). The molecule has 2 aliphatic heterocycles. The van der Waals surface area contributed by atoms with E-state index in [-0.39, 0.29) is 0 Å². The Kier molecular flexibility index (Phi) is 1.75. The molecule has 0 saturated carbocycles. The van der Waals surface area contributed by atoms with Crippen LogP contribution >= 0.6 is 0 Å². The van der Waals surface area contributed by atoms with Crippen LogP contribution in [0.4, 0.5) is 0 Å². The average molecular weight is 197 g/mol. The van der Waals surface area contributed by atoms with Crippen LogP contribution in [0.3, 0.4) is 0 Å². The number of para-hydroxylation sites is 1. The Balaban J connectivity index is 2.05. The first-order chi connectivity index (χ1) is 7.38. The SMILES string of the molecule is C1=CC2(C=Cc3ccccc3O2)N=CC1. The van der Waals surface area contributed by atoms with Gasteiger partial charge < -0.3 is 4.74 Å². The number of hydrogen-bond donors (Lipinski definition) is 0. The van der Waals surface area contributed by atoms with Gasteiger partial charge in [0.25, 0.3) is 0 Å². The smallest absolute Gasteiger partial charge is 0.238 e. The van der Waals surface area contributed by atoms with E-state index in [9.17, 15) is 0 Å². The van der Waals surface area contributed by atoms with Crippen LogP contribution in [0.5, 0.6) is 5.75 Å². The summed E-state index contributed by atoms with van der Waals surface area (Å²) < 4.78 is 5.89. The van der Waals surface area contributed by atoms with Crippen molar-refractivity contribution >= 4 is 12.3 Å². The minimum absolute atomic E-state index is 0.591. The van der Waals surface area contributed by atoms with Crippen molar-refractivity contribution < 1.29 is 4.74 Å². The van der Waals surface area contributed by atoms with Crippen LogP contribution in [0, 0.1) is 0 Å². The van der Waals surface area contributed by atoms with Gasteiger partial charge in [-0.05, 0) is 24.3 Å². The van der Waals surface area contributed by atoms with E-state index in [1.165, 1.54) is 0 Å². The molecule has 0 fully saturated rings. The first kappa shape index (κ1) is 8.48. The zero-order chi connectivity index (χ0) is 10.1. The van der Waals surface area contributed by atoms with Gasteiger partial charge in [0.05, 0.1) is 0 Å². The van der Waals surface area contributed by atoms with E-state index in [0.29, 0.717) is 0 Å². The minimum atomic E-state index is -0.591. The summed E-state index contributed by atoms with van der Waals surface area (Å²) in [6.07, 6.45) is 10.9. The second-order valence-electron chi connectivity index (χ2n) is 3.67. The lowest BCUT2D eigenvalue weighted by molar-refractivity contribution is 0.177. The second-order valence-corrected chi connectivity index (χ2v) is 3.67. The summed E-state index contributed by atoms with van der Waals surface area (Å²) >= 11 is 0. The predicted octanol–water partition coefficient (Wildman–Crippen LogP) is 2.82. The van der Waals surface area contributed by atoms with Crippen LogP contribution in [-0.4, -0.2) is 11.9 Å². The molecule has 74 valence electrons. The molecule has 1 atom stereocenters. The molecule has 0 aromatic heterocycles. The lowest BCUT2D eigenvalue weighted by atomic mass is 10.0. The molecule has 15 heavy (non-hydrogen) atoms. The van der Waals surface area contributed by atoms with Gasteiger partial charge in [-0.3, -0.25) is 0 Å². The van der Waals surface area contributed by atoms with E-state index in [2.05, 4.69) is 17.1 Å². The molecule has 0 N–H and O–H groups in total. The van der Waals surface area contributed by atoms with E-state index in [4.69, 9.17) is 4.74 Å². The quantitative estimate of drug-likeness (QED) is 0.586. The molecule has 0 radical (unpaired) electrons. The number of rotatable bonds is 0. The van der Waals surface area contributed by atoms with Crippen LogP contribution in [0.2, 0.25) is 0 Å². The standard InChI is InChI=1S/C13H11NO/c1-2-6-12-11(5-1)7-9-13(15-12)8-3-4-10-14-13/h1-3,5-10H,4H2. The summed E-state index contributed by atoms with van der Waals surface area (Å²) in [5.74, 6) is 0.892. The Morgan fingerprint density at radius 2 is 2.13 bits per heavy atom. The summed E-state index contributed by atoms with van der Waals surface area (Å²) in [5, 5.41) is 0. The average Bonchev–Trinajstić information content (AvgIpc) is 2.30. The number of nitrogens with zero attached hydrogens (tertiary/aromatic N) is 1. The van der Waals surface area contributed by atoms with Crippen LogP contribution < -0.4 is 4.74 Å². The van der Waals surface area contributed by atoms with Crippen molar-refractivity contribution in [2.75, 3.05) is 0 Å². The summed E-state index contributed by atoms with van der Waals surface area (Å²) in [5.41, 5.74) is 0.518. The van der Waals surface area contributed by atoms with Gasteiger partial charge >= 0.3 is 0 Å². The van der Waals surface area contributed by atoms with Gasteiger partial charge in [0.1, 0.15) is 5.75 Å². The molecule has 1 spiro atoms. The van der Waals surface area contributed by atoms with Gasteiger partial charge in [0.15, 0.2) is 0 Å². The molecule has 1 aromatic carbocycles. The fraction of sp³-hybridized carbons (Fsp3) is 0.154. The van der Waals surface area contributed by atoms with Crippen molar-refractivity contribution in [2.45, 2.75) is 12.1 Å². The third kappa shape index (κ3) is 1.38. The Morgan fingerprint density at radius 3 is 3.00 bits per heavy atom. The lowest BCUT2D eigenvalue weighted by Crippen LogP contribution is -2.32. The van der Waals surface area contributed by atoms with Gasteiger partial charge in [-0.1, -0.05) is 24.3 Å². The molecule has 0 bridgehead atoms. The maximum Gasteiger partial charge on any atom is 0.238 e. The van der Waals surface area contributed by atoms with Gasteiger partial charge in [0, 0.05) is 18.2 Å². The van der Waals surface area contributed by atoms with E-state index in [0.717, 1.165) is 17.7 Å². The summed E-state index contributed by atoms with van der Waals surface area (Å²) in [6.45, 7) is 0. The highest BCUT2D eigenvalue weighted by molar-refractivity contribution is 5.67. The largest absolute Gasteiger partial charge is 0.458 e. The van der Waals surface area contributed by atoms with Crippen LogP contribution in [0.15, 0.2) is 47.5 Å². The topological polar surface area (TPSA) is 21.6 Å². The Morgan fingerprint density at radius 1 is 1.20 bits per heavy atom. The molecular weight excluding hydrogens is 186 g/mol. The van der Waals surface area contributed by atoms with Crippen molar-refractivity contribution in [3.8, 4) is 5.75 Å². The van der Waals surface area contributed by atoms with E-state index < -0.39 is 5.72 Å². The Hall–Kier alpha value is -1.83. The van der Waals surface area contributed by atoms with Crippen LogP contribution in [0.25, 0.3) is 6.08 Å². The molecule has 2 aliphatic rings. The number of ether oxygens (including phenoxy) is 1. The maximum atomic E-state index is 5.89. The van der Waals surface area contributed by atoms with Crippen molar-refractivity contribution in [3.05, 3.63) is 48.1 Å². The minimum Gasteiger partial charge on any atom is -0.458 e. The van der Waals surface area contributed by atoms with E-state index >= 15 is 0 Å². The number of fused-ring (bicyclic) bond motifs is 1. The van der Waals surface area contributed by atoms with Crippen LogP contribution in [0.1, 0.15) is 12.0 Å². The van der Waals surface area contributed by atoms with Crippen LogP contribution in [-0.2, 0) is 0 Å². The first-order valence-corrected chi connectivity index (χ1v) is 5.07. The van der Waals surface area contributed by atoms with Gasteiger partial charge in [-0.25, -0.2) is 4.99 Å².